The van der Waals surface area contributed by atoms with Gasteiger partial charge in [0.2, 0.25) is 0 Å². The molecule has 20 heavy (non-hydrogen) atoms. The number of aliphatic carboxylic acids is 1. The zero-order chi connectivity index (χ0) is 15.1. The standard InChI is InChI=1S/C17H27NO2/c1-12(2)11-16(17(19)20)18-10-9-14-5-7-15(8-6-14)13(3)4/h5-8,12-13,16,18H,9-11H2,1-4H3,(H,19,20)/t16-/m1/s1. The van der Waals surface area contributed by atoms with Gasteiger partial charge in [-0.15, -0.1) is 0 Å². The monoisotopic (exact) mass is 277 g/mol. The molecule has 3 heteroatoms. The average molecular weight is 277 g/mol. The van der Waals surface area contributed by atoms with E-state index in [4.69, 9.17) is 5.11 Å². The molecule has 0 amide bonds. The second kappa shape index (κ2) is 8.05. The van der Waals surface area contributed by atoms with Gasteiger partial charge in [0, 0.05) is 0 Å². The van der Waals surface area contributed by atoms with Gasteiger partial charge in [0.05, 0.1) is 0 Å². The van der Waals surface area contributed by atoms with Gasteiger partial charge < -0.3 is 10.4 Å². The first-order chi connectivity index (χ1) is 9.40. The van der Waals surface area contributed by atoms with Gasteiger partial charge in [-0.05, 0) is 42.3 Å². The Hall–Kier alpha value is -1.35. The Morgan fingerprint density at radius 2 is 1.75 bits per heavy atom. The van der Waals surface area contributed by atoms with Crippen molar-refractivity contribution in [3.63, 3.8) is 0 Å². The predicted octanol–water partition coefficient (Wildman–Crippen LogP) is 3.44. The molecule has 2 N–H and O–H groups in total. The van der Waals surface area contributed by atoms with E-state index >= 15 is 0 Å². The van der Waals surface area contributed by atoms with Gasteiger partial charge in [0.1, 0.15) is 6.04 Å². The van der Waals surface area contributed by atoms with Crippen molar-refractivity contribution in [1.82, 2.24) is 5.32 Å². The van der Waals surface area contributed by atoms with Crippen LogP contribution in [0, 0.1) is 5.92 Å². The molecule has 1 rings (SSSR count). The summed E-state index contributed by atoms with van der Waals surface area (Å²) in [5.41, 5.74) is 2.58. The first kappa shape index (κ1) is 16.7. The summed E-state index contributed by atoms with van der Waals surface area (Å²) in [6.07, 6.45) is 1.53. The molecule has 112 valence electrons. The van der Waals surface area contributed by atoms with Crippen molar-refractivity contribution in [2.24, 2.45) is 5.92 Å². The summed E-state index contributed by atoms with van der Waals surface area (Å²) in [7, 11) is 0. The van der Waals surface area contributed by atoms with Crippen molar-refractivity contribution in [2.75, 3.05) is 6.54 Å². The summed E-state index contributed by atoms with van der Waals surface area (Å²) in [6.45, 7) is 9.15. The fourth-order valence-electron chi connectivity index (χ4n) is 2.20. The quantitative estimate of drug-likeness (QED) is 0.765. The molecule has 3 nitrogen and oxygen atoms in total. The highest BCUT2D eigenvalue weighted by Crippen LogP contribution is 2.14. The van der Waals surface area contributed by atoms with Crippen molar-refractivity contribution < 1.29 is 9.90 Å². The van der Waals surface area contributed by atoms with Crippen LogP contribution in [0.3, 0.4) is 0 Å². The van der Waals surface area contributed by atoms with Crippen molar-refractivity contribution in [1.29, 1.82) is 0 Å². The predicted molar refractivity (Wildman–Crippen MR) is 83.1 cm³/mol. The van der Waals surface area contributed by atoms with Crippen LogP contribution in [0.5, 0.6) is 0 Å². The lowest BCUT2D eigenvalue weighted by molar-refractivity contribution is -0.139. The summed E-state index contributed by atoms with van der Waals surface area (Å²) in [6, 6.07) is 8.14. The molecule has 0 saturated heterocycles. The van der Waals surface area contributed by atoms with Gasteiger partial charge in [0.15, 0.2) is 0 Å². The van der Waals surface area contributed by atoms with E-state index in [1.54, 1.807) is 0 Å². The molecule has 0 fully saturated rings. The van der Waals surface area contributed by atoms with Crippen LogP contribution in [0.4, 0.5) is 0 Å². The van der Waals surface area contributed by atoms with Crippen LogP contribution in [-0.2, 0) is 11.2 Å². The topological polar surface area (TPSA) is 49.3 Å². The SMILES string of the molecule is CC(C)C[C@@H](NCCc1ccc(C(C)C)cc1)C(=O)O. The van der Waals surface area contributed by atoms with Gasteiger partial charge in [-0.2, -0.15) is 0 Å². The van der Waals surface area contributed by atoms with Gasteiger partial charge in [-0.25, -0.2) is 0 Å². The van der Waals surface area contributed by atoms with E-state index in [0.29, 0.717) is 24.8 Å². The van der Waals surface area contributed by atoms with E-state index in [9.17, 15) is 4.79 Å². The van der Waals surface area contributed by atoms with Gasteiger partial charge in [-0.1, -0.05) is 52.0 Å². The molecule has 0 aromatic heterocycles. The van der Waals surface area contributed by atoms with Crippen molar-refractivity contribution in [3.05, 3.63) is 35.4 Å². The molecule has 1 aromatic rings. The molecule has 0 aliphatic heterocycles. The van der Waals surface area contributed by atoms with Crippen molar-refractivity contribution in [3.8, 4) is 0 Å². The molecule has 0 spiro atoms. The van der Waals surface area contributed by atoms with Crippen molar-refractivity contribution in [2.45, 2.75) is 52.5 Å². The third kappa shape index (κ3) is 5.74. The van der Waals surface area contributed by atoms with E-state index in [2.05, 4.69) is 43.4 Å². The molecule has 0 heterocycles. The maximum absolute atomic E-state index is 11.1. The fraction of sp³-hybridized carbons (Fsp3) is 0.588. The van der Waals surface area contributed by atoms with Gasteiger partial charge in [0.25, 0.3) is 0 Å². The Kier molecular flexibility index (Phi) is 6.73. The van der Waals surface area contributed by atoms with E-state index in [1.807, 2.05) is 13.8 Å². The van der Waals surface area contributed by atoms with Crippen LogP contribution in [-0.4, -0.2) is 23.7 Å². The molecule has 1 aromatic carbocycles. The van der Waals surface area contributed by atoms with Crippen LogP contribution >= 0.6 is 0 Å². The summed E-state index contributed by atoms with van der Waals surface area (Å²) < 4.78 is 0. The molecule has 0 bridgehead atoms. The second-order valence-corrected chi connectivity index (χ2v) is 6.12. The Balaban J connectivity index is 2.44. The number of rotatable bonds is 8. The maximum Gasteiger partial charge on any atom is 0.320 e. The number of hydrogen-bond donors (Lipinski definition) is 2. The van der Waals surface area contributed by atoms with Crippen LogP contribution in [0.1, 0.15) is 51.2 Å². The number of nitrogens with one attached hydrogen (secondary N) is 1. The summed E-state index contributed by atoms with van der Waals surface area (Å²) >= 11 is 0. The minimum absolute atomic E-state index is 0.383. The minimum Gasteiger partial charge on any atom is -0.480 e. The van der Waals surface area contributed by atoms with Crippen LogP contribution < -0.4 is 5.32 Å². The fourth-order valence-corrected chi connectivity index (χ4v) is 2.20. The largest absolute Gasteiger partial charge is 0.480 e. The maximum atomic E-state index is 11.1. The third-order valence-electron chi connectivity index (χ3n) is 3.46. The Morgan fingerprint density at radius 1 is 1.15 bits per heavy atom. The minimum atomic E-state index is -0.756. The lowest BCUT2D eigenvalue weighted by Crippen LogP contribution is -2.38. The molecule has 0 saturated carbocycles. The summed E-state index contributed by atoms with van der Waals surface area (Å²) in [4.78, 5) is 11.1. The number of carboxylic acid groups (broad SMARTS) is 1. The van der Waals surface area contributed by atoms with Crippen LogP contribution in [0.2, 0.25) is 0 Å². The Labute approximate surface area is 122 Å². The Bertz CT molecular complexity index is 410. The molecule has 0 aliphatic carbocycles. The van der Waals surface area contributed by atoms with Crippen LogP contribution in [0.25, 0.3) is 0 Å². The Morgan fingerprint density at radius 3 is 2.20 bits per heavy atom. The lowest BCUT2D eigenvalue weighted by Gasteiger charge is -2.16. The second-order valence-electron chi connectivity index (χ2n) is 6.12. The number of benzene rings is 1. The summed E-state index contributed by atoms with van der Waals surface area (Å²) in [5, 5.41) is 12.3. The number of carboxylic acids is 1. The van der Waals surface area contributed by atoms with Gasteiger partial charge in [-0.3, -0.25) is 4.79 Å². The lowest BCUT2D eigenvalue weighted by atomic mass is 10.0. The van der Waals surface area contributed by atoms with Crippen LogP contribution in [0.15, 0.2) is 24.3 Å². The zero-order valence-electron chi connectivity index (χ0n) is 13.0. The smallest absolute Gasteiger partial charge is 0.320 e. The van der Waals surface area contributed by atoms with E-state index < -0.39 is 12.0 Å². The number of carbonyl (C=O) groups is 1. The van der Waals surface area contributed by atoms with E-state index in [-0.39, 0.29) is 0 Å². The molecular weight excluding hydrogens is 250 g/mol. The highest BCUT2D eigenvalue weighted by Gasteiger charge is 2.17. The van der Waals surface area contributed by atoms with E-state index in [0.717, 1.165) is 6.42 Å². The highest BCUT2D eigenvalue weighted by atomic mass is 16.4. The van der Waals surface area contributed by atoms with E-state index in [1.165, 1.54) is 11.1 Å². The summed E-state index contributed by atoms with van der Waals surface area (Å²) in [5.74, 6) is 0.174. The molecule has 0 radical (unpaired) electrons. The molecule has 0 unspecified atom stereocenters. The molecule has 1 atom stereocenters. The highest BCUT2D eigenvalue weighted by molar-refractivity contribution is 5.73. The van der Waals surface area contributed by atoms with Crippen molar-refractivity contribution >= 4 is 5.97 Å². The average Bonchev–Trinajstić information content (AvgIpc) is 2.37. The molecular formula is C17H27NO2. The van der Waals surface area contributed by atoms with Gasteiger partial charge >= 0.3 is 5.97 Å². The first-order valence-electron chi connectivity index (χ1n) is 7.45. The third-order valence-corrected chi connectivity index (χ3v) is 3.46. The molecule has 0 aliphatic rings. The normalized spacial score (nSPS) is 12.9. The first-order valence-corrected chi connectivity index (χ1v) is 7.45. The zero-order valence-corrected chi connectivity index (χ0v) is 13.0. The number of hydrogen-bond acceptors (Lipinski definition) is 2.